The molecule has 0 bridgehead atoms. The molecule has 0 saturated carbocycles. The molecule has 27 heavy (non-hydrogen) atoms. The van der Waals surface area contributed by atoms with Gasteiger partial charge in [0.2, 0.25) is 11.8 Å². The summed E-state index contributed by atoms with van der Waals surface area (Å²) in [6.07, 6.45) is -0.428. The van der Waals surface area contributed by atoms with Gasteiger partial charge in [0.1, 0.15) is 18.1 Å². The van der Waals surface area contributed by atoms with Crippen molar-refractivity contribution in [2.45, 2.75) is 63.2 Å². The van der Waals surface area contributed by atoms with Crippen LogP contribution in [0, 0.1) is 0 Å². The van der Waals surface area contributed by atoms with E-state index in [2.05, 4.69) is 10.6 Å². The number of hydrogen-bond donors (Lipinski definition) is 7. The molecule has 0 aliphatic heterocycles. The molecule has 154 valence electrons. The fourth-order valence-electron chi connectivity index (χ4n) is 2.03. The Kier molecular flexibility index (Phi) is 10.6. The van der Waals surface area contributed by atoms with Gasteiger partial charge in [-0.25, -0.2) is 9.59 Å². The summed E-state index contributed by atoms with van der Waals surface area (Å²) in [5.74, 6) is -5.28. The summed E-state index contributed by atoms with van der Waals surface area (Å²) >= 11 is 0. The van der Waals surface area contributed by atoms with Gasteiger partial charge in [0.15, 0.2) is 0 Å². The van der Waals surface area contributed by atoms with Gasteiger partial charge in [-0.1, -0.05) is 0 Å². The quantitative estimate of drug-likeness (QED) is 0.180. The van der Waals surface area contributed by atoms with Crippen LogP contribution in [0.5, 0.6) is 0 Å². The Labute approximate surface area is 155 Å². The summed E-state index contributed by atoms with van der Waals surface area (Å²) in [5, 5.41) is 31.3. The monoisotopic (exact) mass is 390 g/mol. The van der Waals surface area contributed by atoms with E-state index in [9.17, 15) is 24.0 Å². The molecule has 12 nitrogen and oxygen atoms in total. The summed E-state index contributed by atoms with van der Waals surface area (Å²) in [6.45, 7) is 1.37. The second-order valence-corrected chi connectivity index (χ2v) is 6.06. The minimum Gasteiger partial charge on any atom is -0.480 e. The van der Waals surface area contributed by atoms with E-state index in [1.54, 1.807) is 0 Å². The Hall–Kier alpha value is -2.73. The average molecular weight is 390 g/mol. The van der Waals surface area contributed by atoms with Crippen molar-refractivity contribution in [2.24, 2.45) is 11.5 Å². The van der Waals surface area contributed by atoms with Crippen molar-refractivity contribution in [1.29, 1.82) is 0 Å². The second kappa shape index (κ2) is 11.8. The first-order valence-electron chi connectivity index (χ1n) is 8.25. The van der Waals surface area contributed by atoms with Gasteiger partial charge in [0, 0.05) is 6.42 Å². The molecule has 4 atom stereocenters. The van der Waals surface area contributed by atoms with Crippen molar-refractivity contribution in [1.82, 2.24) is 10.6 Å². The lowest BCUT2D eigenvalue weighted by Gasteiger charge is -2.18. The van der Waals surface area contributed by atoms with E-state index in [0.717, 1.165) is 0 Å². The smallest absolute Gasteiger partial charge is 0.326 e. The van der Waals surface area contributed by atoms with Crippen molar-refractivity contribution < 1.29 is 39.3 Å². The minimum absolute atomic E-state index is 0.0359. The summed E-state index contributed by atoms with van der Waals surface area (Å²) in [5.41, 5.74) is 10.6. The van der Waals surface area contributed by atoms with E-state index < -0.39 is 53.9 Å². The minimum atomic E-state index is -1.35. The highest BCUT2D eigenvalue weighted by atomic mass is 16.4. The first kappa shape index (κ1) is 24.3. The Morgan fingerprint density at radius 1 is 0.815 bits per heavy atom. The SMILES string of the molecule is C[C@H](N)C(=O)N[C@H](CCC(=O)NC(CCCC(N)C(=O)O)C(=O)O)C(=O)O. The lowest BCUT2D eigenvalue weighted by atomic mass is 10.1. The largest absolute Gasteiger partial charge is 0.480 e. The van der Waals surface area contributed by atoms with Gasteiger partial charge in [-0.2, -0.15) is 0 Å². The van der Waals surface area contributed by atoms with E-state index >= 15 is 0 Å². The van der Waals surface area contributed by atoms with Crippen LogP contribution in [0.25, 0.3) is 0 Å². The Morgan fingerprint density at radius 3 is 1.78 bits per heavy atom. The van der Waals surface area contributed by atoms with Gasteiger partial charge in [-0.3, -0.25) is 14.4 Å². The highest BCUT2D eigenvalue weighted by molar-refractivity contribution is 5.87. The number of amides is 2. The fourth-order valence-corrected chi connectivity index (χ4v) is 2.03. The Balaban J connectivity index is 4.54. The average Bonchev–Trinajstić information content (AvgIpc) is 2.56. The van der Waals surface area contributed by atoms with Gasteiger partial charge in [-0.15, -0.1) is 0 Å². The molecule has 0 spiro atoms. The van der Waals surface area contributed by atoms with Crippen molar-refractivity contribution >= 4 is 29.7 Å². The van der Waals surface area contributed by atoms with Crippen LogP contribution in [0.2, 0.25) is 0 Å². The van der Waals surface area contributed by atoms with Gasteiger partial charge in [0.25, 0.3) is 0 Å². The summed E-state index contributed by atoms with van der Waals surface area (Å²) in [6, 6.07) is -4.65. The number of carboxylic acid groups (broad SMARTS) is 3. The molecule has 0 fully saturated rings. The predicted octanol–water partition coefficient (Wildman–Crippen LogP) is -2.17. The Bertz CT molecular complexity index is 566. The molecule has 0 aromatic heterocycles. The zero-order valence-electron chi connectivity index (χ0n) is 14.9. The summed E-state index contributed by atoms with van der Waals surface area (Å²) in [7, 11) is 0. The van der Waals surface area contributed by atoms with Gasteiger partial charge in [0.05, 0.1) is 6.04 Å². The van der Waals surface area contributed by atoms with Crippen LogP contribution in [-0.4, -0.2) is 69.2 Å². The highest BCUT2D eigenvalue weighted by Crippen LogP contribution is 2.06. The maximum Gasteiger partial charge on any atom is 0.326 e. The molecule has 12 heteroatoms. The number of carboxylic acids is 3. The molecule has 0 radical (unpaired) electrons. The van der Waals surface area contributed by atoms with E-state index in [1.165, 1.54) is 6.92 Å². The van der Waals surface area contributed by atoms with Crippen LogP contribution in [0.1, 0.15) is 39.0 Å². The number of rotatable bonds is 13. The van der Waals surface area contributed by atoms with Crippen LogP contribution in [-0.2, 0) is 24.0 Å². The standard InChI is InChI=1S/C15H26N4O8/c1-7(16)12(21)19-10(15(26)27)5-6-11(20)18-9(14(24)25)4-2-3-8(17)13(22)23/h7-10H,2-6,16-17H2,1H3,(H,18,20)(H,19,21)(H,22,23)(H,24,25)(H,26,27)/t7-,8?,9?,10+/m0/s1. The highest BCUT2D eigenvalue weighted by Gasteiger charge is 2.25. The number of carbonyl (C=O) groups excluding carboxylic acids is 2. The first-order chi connectivity index (χ1) is 12.5. The molecule has 0 saturated heterocycles. The van der Waals surface area contributed by atoms with E-state index in [1.807, 2.05) is 0 Å². The topological polar surface area (TPSA) is 222 Å². The lowest BCUT2D eigenvalue weighted by Crippen LogP contribution is -2.48. The van der Waals surface area contributed by atoms with Gasteiger partial charge >= 0.3 is 17.9 Å². The summed E-state index contributed by atoms with van der Waals surface area (Å²) in [4.78, 5) is 56.3. The maximum absolute atomic E-state index is 11.9. The van der Waals surface area contributed by atoms with E-state index in [4.69, 9.17) is 26.8 Å². The van der Waals surface area contributed by atoms with Crippen LogP contribution < -0.4 is 22.1 Å². The zero-order valence-corrected chi connectivity index (χ0v) is 14.9. The lowest BCUT2D eigenvalue weighted by molar-refractivity contribution is -0.143. The van der Waals surface area contributed by atoms with Crippen LogP contribution in [0.3, 0.4) is 0 Å². The number of nitrogens with one attached hydrogen (secondary N) is 2. The third-order valence-corrected chi connectivity index (χ3v) is 3.65. The number of hydrogen-bond acceptors (Lipinski definition) is 7. The molecule has 2 unspecified atom stereocenters. The molecule has 0 heterocycles. The first-order valence-corrected chi connectivity index (χ1v) is 8.25. The number of aliphatic carboxylic acids is 3. The number of nitrogens with two attached hydrogens (primary N) is 2. The third kappa shape index (κ3) is 10.1. The molecule has 0 aliphatic rings. The van der Waals surface area contributed by atoms with Crippen molar-refractivity contribution in [3.05, 3.63) is 0 Å². The molecule has 9 N–H and O–H groups in total. The normalized spacial score (nSPS) is 15.1. The zero-order chi connectivity index (χ0) is 21.1. The maximum atomic E-state index is 11.9. The van der Waals surface area contributed by atoms with E-state index in [0.29, 0.717) is 0 Å². The van der Waals surface area contributed by atoms with Crippen LogP contribution >= 0.6 is 0 Å². The molecule has 0 aliphatic carbocycles. The summed E-state index contributed by atoms with van der Waals surface area (Å²) < 4.78 is 0. The second-order valence-electron chi connectivity index (χ2n) is 6.06. The third-order valence-electron chi connectivity index (χ3n) is 3.65. The van der Waals surface area contributed by atoms with E-state index in [-0.39, 0.29) is 32.1 Å². The molecule has 0 aromatic rings. The Morgan fingerprint density at radius 2 is 1.33 bits per heavy atom. The fraction of sp³-hybridized carbons (Fsp3) is 0.667. The molecule has 0 rings (SSSR count). The predicted molar refractivity (Wildman–Crippen MR) is 91.5 cm³/mol. The molecule has 0 aromatic carbocycles. The molecular formula is C15H26N4O8. The van der Waals surface area contributed by atoms with Crippen molar-refractivity contribution in [3.63, 3.8) is 0 Å². The molecule has 2 amide bonds. The molecular weight excluding hydrogens is 364 g/mol. The van der Waals surface area contributed by atoms with Crippen molar-refractivity contribution in [2.75, 3.05) is 0 Å². The van der Waals surface area contributed by atoms with Gasteiger partial charge < -0.3 is 37.4 Å². The van der Waals surface area contributed by atoms with Crippen LogP contribution in [0.15, 0.2) is 0 Å². The van der Waals surface area contributed by atoms with Crippen LogP contribution in [0.4, 0.5) is 0 Å². The van der Waals surface area contributed by atoms with Crippen molar-refractivity contribution in [3.8, 4) is 0 Å². The van der Waals surface area contributed by atoms with Gasteiger partial charge in [-0.05, 0) is 32.6 Å². The number of carbonyl (C=O) groups is 5.